The number of benzene rings is 1. The van der Waals surface area contributed by atoms with E-state index in [1.165, 1.54) is 16.9 Å². The second kappa shape index (κ2) is 6.12. The van der Waals surface area contributed by atoms with Crippen LogP contribution in [0.2, 0.25) is 5.02 Å². The van der Waals surface area contributed by atoms with Crippen LogP contribution in [0.4, 0.5) is 0 Å². The third-order valence-corrected chi connectivity index (χ3v) is 4.44. The van der Waals surface area contributed by atoms with E-state index in [9.17, 15) is 0 Å². The predicted octanol–water partition coefficient (Wildman–Crippen LogP) is 3.40. The summed E-state index contributed by atoms with van der Waals surface area (Å²) < 4.78 is 0. The van der Waals surface area contributed by atoms with Gasteiger partial charge in [0.2, 0.25) is 0 Å². The molecule has 2 atom stereocenters. The van der Waals surface area contributed by atoms with Crippen molar-refractivity contribution in [1.82, 2.24) is 5.32 Å². The van der Waals surface area contributed by atoms with Crippen LogP contribution in [-0.4, -0.2) is 24.6 Å². The van der Waals surface area contributed by atoms with Crippen LogP contribution >= 0.6 is 23.4 Å². The summed E-state index contributed by atoms with van der Waals surface area (Å²) in [5.74, 6) is 1.98. The Morgan fingerprint density at radius 3 is 2.94 bits per heavy atom. The molecule has 1 aliphatic rings. The van der Waals surface area contributed by atoms with E-state index in [1.807, 2.05) is 17.8 Å². The summed E-state index contributed by atoms with van der Waals surface area (Å²) in [7, 11) is 0. The molecule has 0 radical (unpaired) electrons. The molecule has 2 rings (SSSR count). The van der Waals surface area contributed by atoms with Crippen molar-refractivity contribution < 1.29 is 0 Å². The summed E-state index contributed by atoms with van der Waals surface area (Å²) in [6.45, 7) is 3.43. The van der Waals surface area contributed by atoms with Crippen molar-refractivity contribution in [2.24, 2.45) is 5.92 Å². The van der Waals surface area contributed by atoms with E-state index in [0.717, 1.165) is 30.3 Å². The maximum Gasteiger partial charge on any atom is 0.0408 e. The number of nitrogens with one attached hydrogen (secondary N) is 1. The van der Waals surface area contributed by atoms with Crippen molar-refractivity contribution >= 4 is 23.4 Å². The Labute approximate surface area is 113 Å². The minimum atomic E-state index is 0.604. The first-order valence-corrected chi connectivity index (χ1v) is 7.96. The molecule has 0 amide bonds. The summed E-state index contributed by atoms with van der Waals surface area (Å²) >= 11 is 7.94. The van der Waals surface area contributed by atoms with Crippen LogP contribution in [0.25, 0.3) is 0 Å². The average molecular weight is 270 g/mol. The predicted molar refractivity (Wildman–Crippen MR) is 78.2 cm³/mol. The monoisotopic (exact) mass is 269 g/mol. The molecular weight excluding hydrogens is 250 g/mol. The molecule has 1 nitrogen and oxygen atoms in total. The number of fused-ring (bicyclic) bond motifs is 1. The molecule has 0 heterocycles. The van der Waals surface area contributed by atoms with Gasteiger partial charge in [0, 0.05) is 11.1 Å². The van der Waals surface area contributed by atoms with Gasteiger partial charge in [0.1, 0.15) is 0 Å². The molecule has 1 aromatic rings. The van der Waals surface area contributed by atoms with Crippen LogP contribution in [0.15, 0.2) is 18.2 Å². The second-order valence-electron chi connectivity index (χ2n) is 4.99. The van der Waals surface area contributed by atoms with Gasteiger partial charge in [0.15, 0.2) is 0 Å². The number of thioether (sulfide) groups is 1. The van der Waals surface area contributed by atoms with E-state index in [0.29, 0.717) is 6.04 Å². The van der Waals surface area contributed by atoms with E-state index in [4.69, 9.17) is 11.6 Å². The molecule has 1 aliphatic carbocycles. The molecule has 94 valence electrons. The van der Waals surface area contributed by atoms with Crippen molar-refractivity contribution in [2.45, 2.75) is 25.8 Å². The van der Waals surface area contributed by atoms with Crippen LogP contribution in [0, 0.1) is 5.92 Å². The molecule has 0 aliphatic heterocycles. The smallest absolute Gasteiger partial charge is 0.0408 e. The van der Waals surface area contributed by atoms with E-state index >= 15 is 0 Å². The fraction of sp³-hybridized carbons (Fsp3) is 0.571. The molecular formula is C14H20ClNS. The van der Waals surface area contributed by atoms with Gasteiger partial charge in [-0.05, 0) is 60.6 Å². The van der Waals surface area contributed by atoms with Crippen molar-refractivity contribution in [3.05, 3.63) is 34.3 Å². The molecule has 17 heavy (non-hydrogen) atoms. The summed E-state index contributed by atoms with van der Waals surface area (Å²) in [5, 5.41) is 4.54. The molecule has 0 spiro atoms. The molecule has 0 aromatic heterocycles. The largest absolute Gasteiger partial charge is 0.313 e. The highest BCUT2D eigenvalue weighted by Crippen LogP contribution is 2.25. The Kier molecular flexibility index (Phi) is 4.78. The summed E-state index contributed by atoms with van der Waals surface area (Å²) in [4.78, 5) is 0. The van der Waals surface area contributed by atoms with Gasteiger partial charge in [-0.15, -0.1) is 0 Å². The fourth-order valence-electron chi connectivity index (χ4n) is 2.44. The second-order valence-corrected chi connectivity index (χ2v) is 6.33. The molecule has 0 bridgehead atoms. The van der Waals surface area contributed by atoms with E-state index < -0.39 is 0 Å². The molecule has 2 unspecified atom stereocenters. The van der Waals surface area contributed by atoms with Gasteiger partial charge in [-0.2, -0.15) is 11.8 Å². The van der Waals surface area contributed by atoms with Crippen LogP contribution in [0.1, 0.15) is 18.1 Å². The lowest BCUT2D eigenvalue weighted by Crippen LogP contribution is -2.33. The lowest BCUT2D eigenvalue weighted by atomic mass is 10.1. The van der Waals surface area contributed by atoms with Crippen molar-refractivity contribution in [3.63, 3.8) is 0 Å². The van der Waals surface area contributed by atoms with Gasteiger partial charge in [-0.1, -0.05) is 24.6 Å². The Hall–Kier alpha value is -0.180. The van der Waals surface area contributed by atoms with E-state index in [2.05, 4.69) is 30.6 Å². The van der Waals surface area contributed by atoms with Gasteiger partial charge < -0.3 is 5.32 Å². The first-order chi connectivity index (χ1) is 8.19. The zero-order valence-electron chi connectivity index (χ0n) is 10.5. The van der Waals surface area contributed by atoms with Crippen molar-refractivity contribution in [3.8, 4) is 0 Å². The Balaban J connectivity index is 1.84. The Morgan fingerprint density at radius 1 is 1.41 bits per heavy atom. The molecule has 3 heteroatoms. The highest BCUT2D eigenvalue weighted by atomic mass is 35.5. The zero-order chi connectivity index (χ0) is 12.3. The normalized spacial score (nSPS) is 20.3. The van der Waals surface area contributed by atoms with Crippen LogP contribution in [-0.2, 0) is 12.8 Å². The highest BCUT2D eigenvalue weighted by molar-refractivity contribution is 7.98. The lowest BCUT2D eigenvalue weighted by Gasteiger charge is -2.16. The average Bonchev–Trinajstić information content (AvgIpc) is 2.68. The van der Waals surface area contributed by atoms with Gasteiger partial charge in [0.25, 0.3) is 0 Å². The van der Waals surface area contributed by atoms with E-state index in [1.54, 1.807) is 0 Å². The van der Waals surface area contributed by atoms with Crippen molar-refractivity contribution in [2.75, 3.05) is 18.6 Å². The first-order valence-electron chi connectivity index (χ1n) is 6.18. The summed E-state index contributed by atoms with van der Waals surface area (Å²) in [6, 6.07) is 6.89. The minimum Gasteiger partial charge on any atom is -0.313 e. The van der Waals surface area contributed by atoms with Gasteiger partial charge in [0.05, 0.1) is 0 Å². The Morgan fingerprint density at radius 2 is 2.18 bits per heavy atom. The fourth-order valence-corrected chi connectivity index (χ4v) is 3.32. The van der Waals surface area contributed by atoms with Crippen LogP contribution in [0.5, 0.6) is 0 Å². The maximum atomic E-state index is 6.02. The first kappa shape index (κ1) is 13.3. The van der Waals surface area contributed by atoms with E-state index in [-0.39, 0.29) is 0 Å². The molecule has 1 N–H and O–H groups in total. The molecule has 1 aromatic carbocycles. The highest BCUT2D eigenvalue weighted by Gasteiger charge is 2.21. The Bertz CT molecular complexity index is 380. The quantitative estimate of drug-likeness (QED) is 0.879. The third kappa shape index (κ3) is 3.64. The van der Waals surface area contributed by atoms with Gasteiger partial charge >= 0.3 is 0 Å². The summed E-state index contributed by atoms with van der Waals surface area (Å²) in [6.07, 6.45) is 4.45. The molecule has 0 saturated carbocycles. The number of halogens is 1. The van der Waals surface area contributed by atoms with Crippen molar-refractivity contribution in [1.29, 1.82) is 0 Å². The number of hydrogen-bond acceptors (Lipinski definition) is 2. The molecule has 0 fully saturated rings. The zero-order valence-corrected chi connectivity index (χ0v) is 12.1. The molecule has 0 saturated heterocycles. The number of rotatable bonds is 5. The lowest BCUT2D eigenvalue weighted by molar-refractivity contribution is 0.478. The van der Waals surface area contributed by atoms with Gasteiger partial charge in [-0.25, -0.2) is 0 Å². The van der Waals surface area contributed by atoms with Crippen LogP contribution in [0.3, 0.4) is 0 Å². The number of hydrogen-bond donors (Lipinski definition) is 1. The SMILES string of the molecule is CSCC(C)CNC1Cc2ccc(Cl)cc2C1. The maximum absolute atomic E-state index is 6.02. The van der Waals surface area contributed by atoms with Crippen LogP contribution < -0.4 is 5.32 Å². The standard InChI is InChI=1S/C14H20ClNS/c1-10(9-17-2)8-16-14-6-11-3-4-13(15)5-12(11)7-14/h3-5,10,14,16H,6-9H2,1-2H3. The topological polar surface area (TPSA) is 12.0 Å². The third-order valence-electron chi connectivity index (χ3n) is 3.31. The summed E-state index contributed by atoms with van der Waals surface area (Å²) in [5.41, 5.74) is 2.89. The van der Waals surface area contributed by atoms with Gasteiger partial charge in [-0.3, -0.25) is 0 Å². The minimum absolute atomic E-state index is 0.604.